The zero-order valence-corrected chi connectivity index (χ0v) is 18.4. The molecule has 0 spiro atoms. The number of hydrogen-bond donors (Lipinski definition) is 2. The van der Waals surface area contributed by atoms with E-state index in [-0.39, 0.29) is 18.4 Å². The maximum absolute atomic E-state index is 12.7. The summed E-state index contributed by atoms with van der Waals surface area (Å²) in [5.74, 6) is -0.554. The van der Waals surface area contributed by atoms with Gasteiger partial charge in [-0.2, -0.15) is 0 Å². The number of ether oxygens (including phenoxy) is 1. The van der Waals surface area contributed by atoms with Gasteiger partial charge < -0.3 is 15.2 Å². The summed E-state index contributed by atoms with van der Waals surface area (Å²) in [4.78, 5) is 24.9. The minimum absolute atomic E-state index is 0.0502. The van der Waals surface area contributed by atoms with Gasteiger partial charge in [0.25, 0.3) is 0 Å². The Kier molecular flexibility index (Phi) is 5.78. The van der Waals surface area contributed by atoms with Crippen molar-refractivity contribution in [1.29, 1.82) is 0 Å². The van der Waals surface area contributed by atoms with Gasteiger partial charge >= 0.3 is 12.1 Å². The molecule has 5 heteroatoms. The van der Waals surface area contributed by atoms with Gasteiger partial charge in [0.05, 0.1) is 0 Å². The van der Waals surface area contributed by atoms with Crippen molar-refractivity contribution >= 4 is 12.1 Å². The van der Waals surface area contributed by atoms with Crippen LogP contribution in [0.4, 0.5) is 4.79 Å². The van der Waals surface area contributed by atoms with E-state index in [0.29, 0.717) is 5.92 Å². The van der Waals surface area contributed by atoms with E-state index < -0.39 is 23.5 Å². The molecule has 0 aliphatic heterocycles. The third-order valence-corrected chi connectivity index (χ3v) is 7.61. The number of fused-ring (bicyclic) bond motifs is 3. The number of alkyl carbamates (subject to hydrolysis) is 1. The van der Waals surface area contributed by atoms with Crippen LogP contribution < -0.4 is 5.32 Å². The Labute approximate surface area is 183 Å². The smallest absolute Gasteiger partial charge is 0.407 e. The molecule has 5 nitrogen and oxygen atoms in total. The maximum atomic E-state index is 12.7. The highest BCUT2D eigenvalue weighted by Crippen LogP contribution is 2.53. The molecule has 2 aromatic rings. The molecule has 31 heavy (non-hydrogen) atoms. The molecular weight excluding hydrogens is 390 g/mol. The van der Waals surface area contributed by atoms with E-state index in [2.05, 4.69) is 43.4 Å². The molecule has 2 aliphatic rings. The number of carbonyl (C=O) groups excluding carboxylic acids is 1. The average molecular weight is 422 g/mol. The quantitative estimate of drug-likeness (QED) is 0.595. The summed E-state index contributed by atoms with van der Waals surface area (Å²) in [6.07, 6.45) is 2.22. The summed E-state index contributed by atoms with van der Waals surface area (Å²) in [7, 11) is 0. The molecule has 1 fully saturated rings. The van der Waals surface area contributed by atoms with Crippen LogP contribution in [0.2, 0.25) is 0 Å². The van der Waals surface area contributed by atoms with Crippen molar-refractivity contribution in [3.63, 3.8) is 0 Å². The first-order valence-corrected chi connectivity index (χ1v) is 11.2. The fraction of sp³-hybridized carbons (Fsp3) is 0.462. The molecule has 4 rings (SSSR count). The molecule has 3 atom stereocenters. The molecule has 3 unspecified atom stereocenters. The van der Waals surface area contributed by atoms with Crippen molar-refractivity contribution in [3.05, 3.63) is 59.7 Å². The number of benzene rings is 2. The lowest BCUT2D eigenvalue weighted by Crippen LogP contribution is -2.55. The summed E-state index contributed by atoms with van der Waals surface area (Å²) in [5, 5.41) is 12.7. The van der Waals surface area contributed by atoms with Crippen LogP contribution in [0, 0.1) is 17.3 Å². The van der Waals surface area contributed by atoms with E-state index in [0.717, 1.165) is 41.5 Å². The predicted molar refractivity (Wildman–Crippen MR) is 120 cm³/mol. The number of aliphatic carboxylic acids is 1. The van der Waals surface area contributed by atoms with Crippen molar-refractivity contribution < 1.29 is 19.4 Å². The van der Waals surface area contributed by atoms with Gasteiger partial charge in [-0.1, -0.05) is 75.7 Å². The van der Waals surface area contributed by atoms with Crippen LogP contribution in [-0.4, -0.2) is 29.8 Å². The molecule has 1 saturated carbocycles. The second-order valence-electron chi connectivity index (χ2n) is 9.19. The molecule has 0 radical (unpaired) electrons. The van der Waals surface area contributed by atoms with Gasteiger partial charge in [0.1, 0.15) is 12.6 Å². The highest BCUT2D eigenvalue weighted by atomic mass is 16.5. The number of carboxylic acids is 1. The Morgan fingerprint density at radius 3 is 2.13 bits per heavy atom. The molecule has 0 bridgehead atoms. The monoisotopic (exact) mass is 421 g/mol. The lowest BCUT2D eigenvalue weighted by molar-refractivity contribution is -0.144. The van der Waals surface area contributed by atoms with Gasteiger partial charge in [-0.15, -0.1) is 0 Å². The Balaban J connectivity index is 1.49. The summed E-state index contributed by atoms with van der Waals surface area (Å²) in [5.41, 5.74) is 4.09. The number of nitrogens with one attached hydrogen (secondary N) is 1. The molecular formula is C26H31NO4. The van der Waals surface area contributed by atoms with Crippen LogP contribution in [0.1, 0.15) is 57.1 Å². The largest absolute Gasteiger partial charge is 0.480 e. The lowest BCUT2D eigenvalue weighted by atomic mass is 9.67. The molecule has 0 heterocycles. The van der Waals surface area contributed by atoms with E-state index in [9.17, 15) is 14.7 Å². The van der Waals surface area contributed by atoms with E-state index in [1.165, 1.54) is 0 Å². The highest BCUT2D eigenvalue weighted by Gasteiger charge is 2.53. The molecule has 0 saturated heterocycles. The van der Waals surface area contributed by atoms with Gasteiger partial charge in [-0.05, 0) is 46.9 Å². The van der Waals surface area contributed by atoms with Gasteiger partial charge in [-0.25, -0.2) is 9.59 Å². The summed E-state index contributed by atoms with van der Waals surface area (Å²) < 4.78 is 5.62. The zero-order valence-electron chi connectivity index (χ0n) is 18.4. The minimum atomic E-state index is -0.997. The second-order valence-corrected chi connectivity index (χ2v) is 9.19. The minimum Gasteiger partial charge on any atom is -0.480 e. The fourth-order valence-corrected chi connectivity index (χ4v) is 5.31. The van der Waals surface area contributed by atoms with Crippen molar-refractivity contribution in [2.24, 2.45) is 17.3 Å². The van der Waals surface area contributed by atoms with Crippen molar-refractivity contribution in [1.82, 2.24) is 5.32 Å². The van der Waals surface area contributed by atoms with Gasteiger partial charge in [0.2, 0.25) is 0 Å². The number of carboxylic acid groups (broad SMARTS) is 1. The van der Waals surface area contributed by atoms with Gasteiger partial charge in [0.15, 0.2) is 0 Å². The SMILES string of the molecule is CCC(C)C(C)(C1CC1)C(NC(=O)OCC1c2ccccc2-c2ccccc21)C(=O)O. The van der Waals surface area contributed by atoms with Crippen LogP contribution >= 0.6 is 0 Å². The predicted octanol–water partition coefficient (Wildman–Crippen LogP) is 5.44. The standard InChI is InChI=1S/C26H31NO4/c1-4-16(2)26(3,17-13-14-17)23(24(28)29)27-25(30)31-15-22-20-11-7-5-9-18(20)19-10-6-8-12-21(19)22/h5-12,16-17,22-23H,4,13-15H2,1-3H3,(H,27,30)(H,28,29). The normalized spacial score (nSPS) is 18.9. The summed E-state index contributed by atoms with van der Waals surface area (Å²) in [6, 6.07) is 15.3. The number of rotatable bonds is 8. The topological polar surface area (TPSA) is 75.6 Å². The summed E-state index contributed by atoms with van der Waals surface area (Å²) >= 11 is 0. The Bertz CT molecular complexity index is 937. The van der Waals surface area contributed by atoms with Crippen molar-refractivity contribution in [3.8, 4) is 11.1 Å². The fourth-order valence-electron chi connectivity index (χ4n) is 5.31. The zero-order chi connectivity index (χ0) is 22.2. The molecule has 2 aromatic carbocycles. The maximum Gasteiger partial charge on any atom is 0.407 e. The molecule has 1 amide bonds. The second kappa shape index (κ2) is 8.37. The Hall–Kier alpha value is -2.82. The van der Waals surface area contributed by atoms with Crippen molar-refractivity contribution in [2.45, 2.75) is 52.0 Å². The van der Waals surface area contributed by atoms with Crippen LogP contribution in [0.15, 0.2) is 48.5 Å². The highest BCUT2D eigenvalue weighted by molar-refractivity contribution is 5.82. The average Bonchev–Trinajstić information content (AvgIpc) is 3.58. The van der Waals surface area contributed by atoms with E-state index in [1.807, 2.05) is 31.2 Å². The number of carbonyl (C=O) groups is 2. The molecule has 0 aromatic heterocycles. The first-order chi connectivity index (χ1) is 14.9. The van der Waals surface area contributed by atoms with Crippen molar-refractivity contribution in [2.75, 3.05) is 6.61 Å². The van der Waals surface area contributed by atoms with Crippen LogP contribution in [-0.2, 0) is 9.53 Å². The van der Waals surface area contributed by atoms with Crippen LogP contribution in [0.5, 0.6) is 0 Å². The van der Waals surface area contributed by atoms with E-state index in [4.69, 9.17) is 4.74 Å². The molecule has 2 aliphatic carbocycles. The Morgan fingerprint density at radius 2 is 1.65 bits per heavy atom. The van der Waals surface area contributed by atoms with Crippen LogP contribution in [0.3, 0.4) is 0 Å². The van der Waals surface area contributed by atoms with E-state index >= 15 is 0 Å². The van der Waals surface area contributed by atoms with Gasteiger partial charge in [-0.3, -0.25) is 0 Å². The first kappa shape index (κ1) is 21.4. The first-order valence-electron chi connectivity index (χ1n) is 11.2. The third kappa shape index (κ3) is 3.82. The molecule has 164 valence electrons. The number of hydrogen-bond acceptors (Lipinski definition) is 3. The third-order valence-electron chi connectivity index (χ3n) is 7.61. The number of amides is 1. The van der Waals surface area contributed by atoms with Gasteiger partial charge in [0, 0.05) is 11.3 Å². The van der Waals surface area contributed by atoms with E-state index in [1.54, 1.807) is 0 Å². The summed E-state index contributed by atoms with van der Waals surface area (Å²) in [6.45, 7) is 6.32. The lowest BCUT2D eigenvalue weighted by Gasteiger charge is -2.40. The molecule has 2 N–H and O–H groups in total. The van der Waals surface area contributed by atoms with Crippen LogP contribution in [0.25, 0.3) is 11.1 Å². The Morgan fingerprint density at radius 1 is 1.10 bits per heavy atom.